The first kappa shape index (κ1) is 21.2. The smallest absolute Gasteiger partial charge is 0.00532 e. The number of hydrogen-bond donors (Lipinski definition) is 1. The van der Waals surface area contributed by atoms with Gasteiger partial charge in [0.1, 0.15) is 0 Å². The minimum absolute atomic E-state index is 0.499. The molecule has 0 unspecified atom stereocenters. The monoisotopic (exact) mass is 272 g/mol. The van der Waals surface area contributed by atoms with E-state index in [1.54, 1.807) is 0 Å². The summed E-state index contributed by atoms with van der Waals surface area (Å²) >= 11 is 0. The Morgan fingerprint density at radius 3 is 1.58 bits per heavy atom. The van der Waals surface area contributed by atoms with Crippen molar-refractivity contribution in [1.29, 1.82) is 0 Å². The second-order valence-corrected chi connectivity index (χ2v) is 5.34. The molecule has 1 saturated heterocycles. The van der Waals surface area contributed by atoms with Crippen LogP contribution in [0.1, 0.15) is 81.1 Å². The summed E-state index contributed by atoms with van der Waals surface area (Å²) in [7, 11) is 0. The highest BCUT2D eigenvalue weighted by atomic mass is 15.2. The lowest BCUT2D eigenvalue weighted by Gasteiger charge is -2.55. The Morgan fingerprint density at radius 2 is 1.26 bits per heavy atom. The van der Waals surface area contributed by atoms with E-state index in [2.05, 4.69) is 18.7 Å². The van der Waals surface area contributed by atoms with Crippen LogP contribution in [0.15, 0.2) is 0 Å². The van der Waals surface area contributed by atoms with Crippen LogP contribution in [0.3, 0.4) is 0 Å². The summed E-state index contributed by atoms with van der Waals surface area (Å²) in [5.41, 5.74) is 6.60. The molecule has 2 nitrogen and oxygen atoms in total. The van der Waals surface area contributed by atoms with Gasteiger partial charge in [0.2, 0.25) is 0 Å². The third-order valence-electron chi connectivity index (χ3n) is 3.90. The van der Waals surface area contributed by atoms with Gasteiger partial charge in [-0.2, -0.15) is 0 Å². The third kappa shape index (κ3) is 6.76. The first-order chi connectivity index (χ1) is 9.11. The van der Waals surface area contributed by atoms with Gasteiger partial charge in [0.15, 0.2) is 0 Å². The summed E-state index contributed by atoms with van der Waals surface area (Å²) in [6, 6.07) is 1.24. The molecule has 1 spiro atoms. The van der Waals surface area contributed by atoms with Crippen LogP contribution in [0.2, 0.25) is 0 Å². The summed E-state index contributed by atoms with van der Waals surface area (Å²) in [4.78, 5) is 2.58. The molecule has 0 aromatic carbocycles. The Labute approximate surface area is 123 Å². The molecule has 2 N–H and O–H groups in total. The minimum Gasteiger partial charge on any atom is -0.328 e. The van der Waals surface area contributed by atoms with Gasteiger partial charge < -0.3 is 5.73 Å². The predicted molar refractivity (Wildman–Crippen MR) is 89.6 cm³/mol. The van der Waals surface area contributed by atoms with Gasteiger partial charge in [0, 0.05) is 25.2 Å². The number of likely N-dealkylation sites (tertiary alicyclic amines) is 1. The fraction of sp³-hybridized carbons (Fsp3) is 1.00. The van der Waals surface area contributed by atoms with Crippen LogP contribution in [0, 0.1) is 5.41 Å². The quantitative estimate of drug-likeness (QED) is 0.751. The van der Waals surface area contributed by atoms with E-state index in [1.165, 1.54) is 38.8 Å². The number of nitrogens with zero attached hydrogens (tertiary/aromatic N) is 1. The van der Waals surface area contributed by atoms with Gasteiger partial charge in [0.05, 0.1) is 0 Å². The molecule has 0 radical (unpaired) electrons. The first-order valence-corrected chi connectivity index (χ1v) is 8.61. The van der Waals surface area contributed by atoms with E-state index >= 15 is 0 Å². The maximum Gasteiger partial charge on any atom is 0.00532 e. The van der Waals surface area contributed by atoms with Crippen molar-refractivity contribution in [3.63, 3.8) is 0 Å². The maximum atomic E-state index is 5.92. The number of hydrogen-bond acceptors (Lipinski definition) is 2. The maximum absolute atomic E-state index is 5.92. The minimum atomic E-state index is 0.499. The standard InChI is InChI=1S/C11H22N2.3C2H6/c1-9(2)13-7-11(8-13)5-3-10(12)4-6-11;3*1-2/h9-10H,3-8,12H2,1-2H3;3*1-2H3. The Balaban J connectivity index is 0. The summed E-state index contributed by atoms with van der Waals surface area (Å²) in [5, 5.41) is 0. The molecule has 1 aliphatic heterocycles. The molecule has 19 heavy (non-hydrogen) atoms. The second-order valence-electron chi connectivity index (χ2n) is 5.34. The Bertz CT molecular complexity index is 174. The van der Waals surface area contributed by atoms with Gasteiger partial charge in [-0.1, -0.05) is 41.5 Å². The zero-order valence-corrected chi connectivity index (χ0v) is 14.9. The van der Waals surface area contributed by atoms with Crippen molar-refractivity contribution in [2.45, 2.75) is 93.2 Å². The molecule has 0 aromatic heterocycles. The molecule has 2 fully saturated rings. The van der Waals surface area contributed by atoms with Crippen LogP contribution in [0.4, 0.5) is 0 Å². The van der Waals surface area contributed by atoms with E-state index in [1.807, 2.05) is 41.5 Å². The predicted octanol–water partition coefficient (Wildman–Crippen LogP) is 4.68. The van der Waals surface area contributed by atoms with E-state index in [0.29, 0.717) is 11.5 Å². The highest BCUT2D eigenvalue weighted by Crippen LogP contribution is 2.44. The molecule has 1 aliphatic carbocycles. The van der Waals surface area contributed by atoms with E-state index in [9.17, 15) is 0 Å². The van der Waals surface area contributed by atoms with Crippen molar-refractivity contribution in [1.82, 2.24) is 4.90 Å². The fourth-order valence-electron chi connectivity index (χ4n) is 2.75. The van der Waals surface area contributed by atoms with Crippen LogP contribution in [0.5, 0.6) is 0 Å². The normalized spacial score (nSPS) is 21.2. The fourth-order valence-corrected chi connectivity index (χ4v) is 2.75. The Kier molecular flexibility index (Phi) is 13.1. The molecule has 2 heteroatoms. The molecule has 2 aliphatic rings. The highest BCUT2D eigenvalue weighted by Gasteiger charge is 2.44. The van der Waals surface area contributed by atoms with E-state index in [4.69, 9.17) is 5.73 Å². The topological polar surface area (TPSA) is 29.3 Å². The molecule has 0 amide bonds. The highest BCUT2D eigenvalue weighted by molar-refractivity contribution is 4.99. The molecule has 118 valence electrons. The van der Waals surface area contributed by atoms with Crippen molar-refractivity contribution in [2.24, 2.45) is 11.1 Å². The van der Waals surface area contributed by atoms with Crippen molar-refractivity contribution in [3.8, 4) is 0 Å². The zero-order chi connectivity index (χ0) is 15.5. The number of nitrogens with two attached hydrogens (primary N) is 1. The van der Waals surface area contributed by atoms with Gasteiger partial charge in [-0.15, -0.1) is 0 Å². The van der Waals surface area contributed by atoms with Gasteiger partial charge in [-0.3, -0.25) is 4.90 Å². The summed E-state index contributed by atoms with van der Waals surface area (Å²) in [6.07, 6.45) is 5.26. The molecule has 0 atom stereocenters. The SMILES string of the molecule is CC.CC.CC.CC(C)N1CC2(CCC(N)CC2)C1. The van der Waals surface area contributed by atoms with Gasteiger partial charge in [-0.05, 0) is 44.9 Å². The molecule has 2 rings (SSSR count). The van der Waals surface area contributed by atoms with Crippen molar-refractivity contribution >= 4 is 0 Å². The zero-order valence-electron chi connectivity index (χ0n) is 14.9. The number of rotatable bonds is 1. The van der Waals surface area contributed by atoms with E-state index in [-0.39, 0.29) is 0 Å². The Hall–Kier alpha value is -0.0800. The van der Waals surface area contributed by atoms with Crippen LogP contribution in [-0.4, -0.2) is 30.1 Å². The first-order valence-electron chi connectivity index (χ1n) is 8.61. The van der Waals surface area contributed by atoms with Crippen LogP contribution < -0.4 is 5.73 Å². The van der Waals surface area contributed by atoms with Crippen molar-refractivity contribution in [2.75, 3.05) is 13.1 Å². The molecule has 0 aromatic rings. The van der Waals surface area contributed by atoms with Crippen LogP contribution >= 0.6 is 0 Å². The molecule has 0 bridgehead atoms. The molecule has 1 saturated carbocycles. The average Bonchev–Trinajstić information content (AvgIpc) is 2.44. The van der Waals surface area contributed by atoms with Gasteiger partial charge in [-0.25, -0.2) is 0 Å². The summed E-state index contributed by atoms with van der Waals surface area (Å²) in [6.45, 7) is 19.2. The second kappa shape index (κ2) is 11.7. The van der Waals surface area contributed by atoms with Crippen molar-refractivity contribution < 1.29 is 0 Å². The van der Waals surface area contributed by atoms with Gasteiger partial charge >= 0.3 is 0 Å². The lowest BCUT2D eigenvalue weighted by atomic mass is 9.67. The van der Waals surface area contributed by atoms with Crippen LogP contribution in [-0.2, 0) is 0 Å². The van der Waals surface area contributed by atoms with Crippen LogP contribution in [0.25, 0.3) is 0 Å². The average molecular weight is 273 g/mol. The van der Waals surface area contributed by atoms with Gasteiger partial charge in [0.25, 0.3) is 0 Å². The van der Waals surface area contributed by atoms with E-state index < -0.39 is 0 Å². The molecular weight excluding hydrogens is 232 g/mol. The Morgan fingerprint density at radius 1 is 0.895 bits per heavy atom. The summed E-state index contributed by atoms with van der Waals surface area (Å²) in [5.74, 6) is 0. The molecule has 1 heterocycles. The summed E-state index contributed by atoms with van der Waals surface area (Å²) < 4.78 is 0. The lowest BCUT2D eigenvalue weighted by molar-refractivity contribution is -0.0491. The van der Waals surface area contributed by atoms with Crippen molar-refractivity contribution in [3.05, 3.63) is 0 Å². The lowest BCUT2D eigenvalue weighted by Crippen LogP contribution is -2.60. The third-order valence-corrected chi connectivity index (χ3v) is 3.90. The van der Waals surface area contributed by atoms with E-state index in [0.717, 1.165) is 6.04 Å². The largest absolute Gasteiger partial charge is 0.328 e. The molecular formula is C17H40N2.